The molecular weight excluding hydrogens is 244 g/mol. The van der Waals surface area contributed by atoms with Crippen LogP contribution in [-0.2, 0) is 22.7 Å². The van der Waals surface area contributed by atoms with Crippen LogP contribution in [0, 0.1) is 13.8 Å². The minimum atomic E-state index is -1.03. The van der Waals surface area contributed by atoms with E-state index in [0.29, 0.717) is 13.2 Å². The highest BCUT2D eigenvalue weighted by Gasteiger charge is 2.13. The summed E-state index contributed by atoms with van der Waals surface area (Å²) in [7, 11) is -1.03. The van der Waals surface area contributed by atoms with E-state index >= 15 is 0 Å². The van der Waals surface area contributed by atoms with E-state index < -0.39 is 8.07 Å². The number of rotatable bonds is 7. The number of nitrogens with zero attached hydrogens (tertiary/aromatic N) is 2. The van der Waals surface area contributed by atoms with Crippen LogP contribution in [-0.4, -0.2) is 30.7 Å². The molecule has 0 radical (unpaired) electrons. The molecule has 0 N–H and O–H groups in total. The summed E-state index contributed by atoms with van der Waals surface area (Å²) in [6.07, 6.45) is 1.36. The molecule has 1 rings (SSSR count). The lowest BCUT2D eigenvalue weighted by Crippen LogP contribution is -2.22. The van der Waals surface area contributed by atoms with Crippen LogP contribution in [0.15, 0.2) is 0 Å². The molecule has 5 heteroatoms. The number of hydrogen-bond acceptors (Lipinski definition) is 3. The molecular formula is C13H24N2O2Si. The molecule has 0 fully saturated rings. The number of aryl methyl sites for hydroxylation is 1. The van der Waals surface area contributed by atoms with Crippen molar-refractivity contribution in [3.05, 3.63) is 17.0 Å². The predicted octanol–water partition coefficient (Wildman–Crippen LogP) is 2.55. The SMILES string of the molecule is Cc1nn(COCC[Si](C)(C)C)c(C)c1CC=O. The van der Waals surface area contributed by atoms with Gasteiger partial charge < -0.3 is 9.53 Å². The number of aldehydes is 1. The highest BCUT2D eigenvalue weighted by atomic mass is 28.3. The molecule has 0 spiro atoms. The van der Waals surface area contributed by atoms with Crippen LogP contribution in [0.1, 0.15) is 17.0 Å². The van der Waals surface area contributed by atoms with Crippen LogP contribution in [0.5, 0.6) is 0 Å². The van der Waals surface area contributed by atoms with Gasteiger partial charge in [0.05, 0.1) is 5.69 Å². The van der Waals surface area contributed by atoms with E-state index in [1.807, 2.05) is 18.5 Å². The maximum atomic E-state index is 10.6. The summed E-state index contributed by atoms with van der Waals surface area (Å²) in [6, 6.07) is 1.16. The van der Waals surface area contributed by atoms with Gasteiger partial charge in [0.25, 0.3) is 0 Å². The van der Waals surface area contributed by atoms with Gasteiger partial charge in [-0.05, 0) is 19.9 Å². The molecule has 1 aromatic rings. The molecule has 0 aliphatic rings. The Kier molecular flexibility index (Phi) is 5.28. The van der Waals surface area contributed by atoms with Crippen molar-refractivity contribution in [3.63, 3.8) is 0 Å². The summed E-state index contributed by atoms with van der Waals surface area (Å²) in [5, 5.41) is 4.41. The fourth-order valence-electron chi connectivity index (χ4n) is 1.77. The van der Waals surface area contributed by atoms with Crippen LogP contribution in [0.3, 0.4) is 0 Å². The van der Waals surface area contributed by atoms with Gasteiger partial charge in [-0.1, -0.05) is 19.6 Å². The summed E-state index contributed by atoms with van der Waals surface area (Å²) in [4.78, 5) is 10.6. The van der Waals surface area contributed by atoms with Crippen molar-refractivity contribution in [1.29, 1.82) is 0 Å². The first kappa shape index (κ1) is 15.1. The van der Waals surface area contributed by atoms with Crippen LogP contribution < -0.4 is 0 Å². The van der Waals surface area contributed by atoms with Crippen molar-refractivity contribution in [3.8, 4) is 0 Å². The van der Waals surface area contributed by atoms with Crippen LogP contribution in [0.4, 0.5) is 0 Å². The van der Waals surface area contributed by atoms with Crippen molar-refractivity contribution in [1.82, 2.24) is 9.78 Å². The van der Waals surface area contributed by atoms with Crippen LogP contribution in [0.25, 0.3) is 0 Å². The van der Waals surface area contributed by atoms with Crippen molar-refractivity contribution >= 4 is 14.4 Å². The third-order valence-electron chi connectivity index (χ3n) is 3.03. The summed E-state index contributed by atoms with van der Waals surface area (Å²) >= 11 is 0. The number of carbonyl (C=O) groups is 1. The van der Waals surface area contributed by atoms with Gasteiger partial charge in [0.15, 0.2) is 0 Å². The predicted molar refractivity (Wildman–Crippen MR) is 75.6 cm³/mol. The van der Waals surface area contributed by atoms with Crippen LogP contribution in [0.2, 0.25) is 25.7 Å². The number of carbonyl (C=O) groups excluding carboxylic acids is 1. The highest BCUT2D eigenvalue weighted by Crippen LogP contribution is 2.13. The summed E-state index contributed by atoms with van der Waals surface area (Å²) in [5.41, 5.74) is 2.99. The van der Waals surface area contributed by atoms with Gasteiger partial charge in [0.1, 0.15) is 13.0 Å². The smallest absolute Gasteiger partial charge is 0.139 e. The van der Waals surface area contributed by atoms with E-state index in [9.17, 15) is 4.79 Å². The summed E-state index contributed by atoms with van der Waals surface area (Å²) in [6.45, 7) is 12.2. The van der Waals surface area contributed by atoms with E-state index in [4.69, 9.17) is 4.74 Å². The second kappa shape index (κ2) is 6.29. The molecule has 102 valence electrons. The third kappa shape index (κ3) is 4.38. The fourth-order valence-corrected chi connectivity index (χ4v) is 2.52. The minimum Gasteiger partial charge on any atom is -0.360 e. The molecule has 0 saturated carbocycles. The molecule has 0 saturated heterocycles. The number of aromatic nitrogens is 2. The molecule has 0 bridgehead atoms. The Hall–Kier alpha value is -0.943. The Balaban J connectivity index is 2.53. The zero-order chi connectivity index (χ0) is 13.8. The van der Waals surface area contributed by atoms with Gasteiger partial charge in [0, 0.05) is 32.4 Å². The molecule has 1 aromatic heterocycles. The average Bonchev–Trinajstić information content (AvgIpc) is 2.51. The first-order chi connectivity index (χ1) is 8.35. The van der Waals surface area contributed by atoms with E-state index in [0.717, 1.165) is 35.9 Å². The number of ether oxygens (including phenoxy) is 1. The van der Waals surface area contributed by atoms with Gasteiger partial charge in [-0.3, -0.25) is 0 Å². The van der Waals surface area contributed by atoms with E-state index in [2.05, 4.69) is 24.7 Å². The summed E-state index contributed by atoms with van der Waals surface area (Å²) in [5.74, 6) is 0. The van der Waals surface area contributed by atoms with Gasteiger partial charge in [-0.2, -0.15) is 5.10 Å². The summed E-state index contributed by atoms with van der Waals surface area (Å²) < 4.78 is 7.52. The lowest BCUT2D eigenvalue weighted by molar-refractivity contribution is -0.107. The molecule has 1 heterocycles. The Morgan fingerprint density at radius 2 is 2.00 bits per heavy atom. The zero-order valence-corrected chi connectivity index (χ0v) is 13.1. The maximum absolute atomic E-state index is 10.6. The minimum absolute atomic E-state index is 0.437. The van der Waals surface area contributed by atoms with Gasteiger partial charge in [-0.25, -0.2) is 4.68 Å². The zero-order valence-electron chi connectivity index (χ0n) is 12.1. The van der Waals surface area contributed by atoms with Crippen molar-refractivity contribution in [2.75, 3.05) is 6.61 Å². The van der Waals surface area contributed by atoms with E-state index in [1.54, 1.807) is 0 Å². The topological polar surface area (TPSA) is 44.1 Å². The molecule has 0 amide bonds. The Morgan fingerprint density at radius 3 is 2.56 bits per heavy atom. The Labute approximate surface area is 110 Å². The largest absolute Gasteiger partial charge is 0.360 e. The van der Waals surface area contributed by atoms with Gasteiger partial charge >= 0.3 is 0 Å². The van der Waals surface area contributed by atoms with E-state index in [-0.39, 0.29) is 0 Å². The molecule has 0 unspecified atom stereocenters. The Morgan fingerprint density at radius 1 is 1.33 bits per heavy atom. The lowest BCUT2D eigenvalue weighted by atomic mass is 10.1. The second-order valence-corrected chi connectivity index (χ2v) is 11.5. The van der Waals surface area contributed by atoms with Crippen molar-refractivity contribution in [2.24, 2.45) is 0 Å². The lowest BCUT2D eigenvalue weighted by Gasteiger charge is -2.15. The fraction of sp³-hybridized carbons (Fsp3) is 0.692. The first-order valence-corrected chi connectivity index (χ1v) is 10.1. The highest BCUT2D eigenvalue weighted by molar-refractivity contribution is 6.76. The van der Waals surface area contributed by atoms with Crippen molar-refractivity contribution in [2.45, 2.75) is 52.7 Å². The second-order valence-electron chi connectivity index (χ2n) is 5.87. The maximum Gasteiger partial charge on any atom is 0.139 e. The molecule has 0 aliphatic carbocycles. The average molecular weight is 268 g/mol. The normalized spacial score (nSPS) is 11.8. The molecule has 0 atom stereocenters. The van der Waals surface area contributed by atoms with Gasteiger partial charge in [0.2, 0.25) is 0 Å². The Bertz CT molecular complexity index is 408. The standard InChI is InChI=1S/C13H24N2O2Si/c1-11-13(6-7-16)12(2)15(14-11)10-17-8-9-18(3,4)5/h7H,6,8-10H2,1-5H3. The molecule has 18 heavy (non-hydrogen) atoms. The van der Waals surface area contributed by atoms with Crippen LogP contribution >= 0.6 is 0 Å². The third-order valence-corrected chi connectivity index (χ3v) is 4.73. The van der Waals surface area contributed by atoms with Crippen molar-refractivity contribution < 1.29 is 9.53 Å². The molecule has 0 aliphatic heterocycles. The molecule has 4 nitrogen and oxygen atoms in total. The first-order valence-electron chi connectivity index (χ1n) is 6.39. The monoisotopic (exact) mass is 268 g/mol. The quantitative estimate of drug-likeness (QED) is 0.434. The van der Waals surface area contributed by atoms with Gasteiger partial charge in [-0.15, -0.1) is 0 Å². The van der Waals surface area contributed by atoms with E-state index in [1.165, 1.54) is 0 Å². The molecule has 0 aromatic carbocycles. The number of hydrogen-bond donors (Lipinski definition) is 0.